The fraction of sp³-hybridized carbons (Fsp3) is 1.00. The molecule has 0 aliphatic carbocycles. The van der Waals surface area contributed by atoms with Crippen LogP contribution in [-0.2, 0) is 0 Å². The molecule has 0 bridgehead atoms. The van der Waals surface area contributed by atoms with Crippen molar-refractivity contribution in [1.29, 1.82) is 0 Å². The van der Waals surface area contributed by atoms with Crippen LogP contribution in [0.25, 0.3) is 0 Å². The second kappa shape index (κ2) is 7.24. The Bertz CT molecular complexity index is 132. The summed E-state index contributed by atoms with van der Waals surface area (Å²) in [6.07, 6.45) is 5.16. The largest absolute Gasteiger partial charge is 0.329 e. The number of rotatable bonds is 8. The zero-order valence-corrected chi connectivity index (χ0v) is 10.5. The van der Waals surface area contributed by atoms with E-state index in [0.717, 1.165) is 19.6 Å². The first-order valence-electron chi connectivity index (χ1n) is 6.09. The Morgan fingerprint density at radius 2 is 1.64 bits per heavy atom. The lowest BCUT2D eigenvalue weighted by atomic mass is 9.92. The molecule has 0 aliphatic heterocycles. The molecule has 2 N–H and O–H groups in total. The lowest BCUT2D eigenvalue weighted by Crippen LogP contribution is -2.51. The molecular formula is C12H28N2. The minimum absolute atomic E-state index is 0.221. The van der Waals surface area contributed by atoms with Crippen LogP contribution in [0.1, 0.15) is 53.4 Å². The van der Waals surface area contributed by atoms with Crippen molar-refractivity contribution in [2.24, 2.45) is 5.73 Å². The first-order valence-corrected chi connectivity index (χ1v) is 6.09. The molecule has 0 saturated heterocycles. The predicted octanol–water partition coefficient (Wildman–Crippen LogP) is 2.63. The van der Waals surface area contributed by atoms with E-state index in [0.29, 0.717) is 0 Å². The van der Waals surface area contributed by atoms with Gasteiger partial charge in [0.05, 0.1) is 0 Å². The van der Waals surface area contributed by atoms with Crippen LogP contribution in [0.3, 0.4) is 0 Å². The summed E-state index contributed by atoms with van der Waals surface area (Å²) < 4.78 is 0. The Morgan fingerprint density at radius 3 is 2.00 bits per heavy atom. The van der Waals surface area contributed by atoms with Crippen molar-refractivity contribution < 1.29 is 0 Å². The summed E-state index contributed by atoms with van der Waals surface area (Å²) >= 11 is 0. The molecule has 0 aromatic heterocycles. The number of hydrogen-bond donors (Lipinski definition) is 1. The van der Waals surface area contributed by atoms with Crippen molar-refractivity contribution in [3.8, 4) is 0 Å². The molecule has 14 heavy (non-hydrogen) atoms. The van der Waals surface area contributed by atoms with E-state index in [2.05, 4.69) is 32.6 Å². The van der Waals surface area contributed by atoms with E-state index in [1.54, 1.807) is 0 Å². The van der Waals surface area contributed by atoms with Crippen LogP contribution in [0.15, 0.2) is 0 Å². The number of nitrogens with zero attached hydrogens (tertiary/aromatic N) is 1. The van der Waals surface area contributed by atoms with Crippen molar-refractivity contribution in [3.63, 3.8) is 0 Å². The van der Waals surface area contributed by atoms with Gasteiger partial charge in [0, 0.05) is 12.1 Å². The highest BCUT2D eigenvalue weighted by atomic mass is 15.2. The second-order valence-corrected chi connectivity index (χ2v) is 4.33. The number of nitrogens with two attached hydrogens (primary N) is 1. The molecule has 0 rings (SSSR count). The van der Waals surface area contributed by atoms with Crippen LogP contribution in [0.2, 0.25) is 0 Å². The van der Waals surface area contributed by atoms with Gasteiger partial charge in [0.1, 0.15) is 0 Å². The van der Waals surface area contributed by atoms with E-state index in [4.69, 9.17) is 5.73 Å². The lowest BCUT2D eigenvalue weighted by molar-refractivity contribution is 0.112. The first kappa shape index (κ1) is 13.9. The maximum Gasteiger partial charge on any atom is 0.0303 e. The fourth-order valence-electron chi connectivity index (χ4n) is 2.13. The number of hydrogen-bond acceptors (Lipinski definition) is 2. The molecule has 0 aromatic carbocycles. The molecule has 0 fully saturated rings. The molecule has 1 atom stereocenters. The van der Waals surface area contributed by atoms with Gasteiger partial charge in [-0.05, 0) is 26.4 Å². The summed E-state index contributed by atoms with van der Waals surface area (Å²) in [7, 11) is 0. The maximum atomic E-state index is 5.90. The normalized spacial score (nSPS) is 15.9. The number of unbranched alkanes of at least 4 members (excludes halogenated alkanes) is 2. The SMILES string of the molecule is CCCCCC(C)(CN)N(CC)CC. The van der Waals surface area contributed by atoms with Crippen LogP contribution >= 0.6 is 0 Å². The van der Waals surface area contributed by atoms with Crippen LogP contribution in [-0.4, -0.2) is 30.1 Å². The van der Waals surface area contributed by atoms with Gasteiger partial charge in [-0.3, -0.25) is 4.90 Å². The smallest absolute Gasteiger partial charge is 0.0303 e. The van der Waals surface area contributed by atoms with Crippen LogP contribution in [0.5, 0.6) is 0 Å². The van der Waals surface area contributed by atoms with Gasteiger partial charge in [0.15, 0.2) is 0 Å². The summed E-state index contributed by atoms with van der Waals surface area (Å²) in [5.74, 6) is 0. The highest BCUT2D eigenvalue weighted by Crippen LogP contribution is 2.21. The molecule has 2 heteroatoms. The Kier molecular flexibility index (Phi) is 7.20. The Hall–Kier alpha value is -0.0800. The minimum atomic E-state index is 0.221. The summed E-state index contributed by atoms with van der Waals surface area (Å²) in [5, 5.41) is 0. The van der Waals surface area contributed by atoms with Gasteiger partial charge < -0.3 is 5.73 Å². The Labute approximate surface area is 89.9 Å². The Morgan fingerprint density at radius 1 is 1.07 bits per heavy atom. The quantitative estimate of drug-likeness (QED) is 0.610. The van der Waals surface area contributed by atoms with Gasteiger partial charge in [0.25, 0.3) is 0 Å². The van der Waals surface area contributed by atoms with Crippen molar-refractivity contribution in [1.82, 2.24) is 4.90 Å². The average Bonchev–Trinajstić information content (AvgIpc) is 2.20. The predicted molar refractivity (Wildman–Crippen MR) is 64.5 cm³/mol. The van der Waals surface area contributed by atoms with E-state index in [1.807, 2.05) is 0 Å². The van der Waals surface area contributed by atoms with Gasteiger partial charge in [-0.15, -0.1) is 0 Å². The van der Waals surface area contributed by atoms with E-state index >= 15 is 0 Å². The maximum absolute atomic E-state index is 5.90. The van der Waals surface area contributed by atoms with Crippen molar-refractivity contribution in [2.45, 2.75) is 58.9 Å². The average molecular weight is 200 g/mol. The summed E-state index contributed by atoms with van der Waals surface area (Å²) in [5.41, 5.74) is 6.12. The monoisotopic (exact) mass is 200 g/mol. The van der Waals surface area contributed by atoms with Crippen molar-refractivity contribution in [3.05, 3.63) is 0 Å². The molecule has 0 heterocycles. The molecule has 1 unspecified atom stereocenters. The molecule has 0 radical (unpaired) electrons. The van der Waals surface area contributed by atoms with Crippen LogP contribution in [0, 0.1) is 0 Å². The highest BCUT2D eigenvalue weighted by molar-refractivity contribution is 4.86. The van der Waals surface area contributed by atoms with Gasteiger partial charge in [0.2, 0.25) is 0 Å². The van der Waals surface area contributed by atoms with E-state index in [9.17, 15) is 0 Å². The third kappa shape index (κ3) is 3.97. The summed E-state index contributed by atoms with van der Waals surface area (Å²) in [6, 6.07) is 0. The standard InChI is InChI=1S/C12H28N2/c1-5-8-9-10-12(4,11-13)14(6-2)7-3/h5-11,13H2,1-4H3. The molecule has 0 spiro atoms. The van der Waals surface area contributed by atoms with Gasteiger partial charge in [-0.2, -0.15) is 0 Å². The van der Waals surface area contributed by atoms with Crippen molar-refractivity contribution >= 4 is 0 Å². The van der Waals surface area contributed by atoms with E-state index < -0.39 is 0 Å². The van der Waals surface area contributed by atoms with E-state index in [-0.39, 0.29) is 5.54 Å². The topological polar surface area (TPSA) is 29.3 Å². The molecule has 0 amide bonds. The first-order chi connectivity index (χ1) is 6.64. The lowest BCUT2D eigenvalue weighted by Gasteiger charge is -2.39. The highest BCUT2D eigenvalue weighted by Gasteiger charge is 2.27. The zero-order valence-electron chi connectivity index (χ0n) is 10.5. The molecule has 0 aromatic rings. The molecule has 0 aliphatic rings. The third-order valence-electron chi connectivity index (χ3n) is 3.29. The molecule has 86 valence electrons. The second-order valence-electron chi connectivity index (χ2n) is 4.33. The van der Waals surface area contributed by atoms with Gasteiger partial charge >= 0.3 is 0 Å². The Balaban J connectivity index is 4.14. The van der Waals surface area contributed by atoms with Crippen LogP contribution in [0.4, 0.5) is 0 Å². The van der Waals surface area contributed by atoms with Gasteiger partial charge in [-0.25, -0.2) is 0 Å². The summed E-state index contributed by atoms with van der Waals surface area (Å²) in [4.78, 5) is 2.49. The zero-order chi connectivity index (χ0) is 11.0. The third-order valence-corrected chi connectivity index (χ3v) is 3.29. The van der Waals surface area contributed by atoms with E-state index in [1.165, 1.54) is 25.7 Å². The fourth-order valence-corrected chi connectivity index (χ4v) is 2.13. The summed E-state index contributed by atoms with van der Waals surface area (Å²) in [6.45, 7) is 12.0. The number of likely N-dealkylation sites (N-methyl/N-ethyl adjacent to an activating group) is 1. The molecule has 0 saturated carbocycles. The van der Waals surface area contributed by atoms with Gasteiger partial charge in [-0.1, -0.05) is 40.0 Å². The molecular weight excluding hydrogens is 172 g/mol. The minimum Gasteiger partial charge on any atom is -0.329 e. The van der Waals surface area contributed by atoms with Crippen LogP contribution < -0.4 is 5.73 Å². The van der Waals surface area contributed by atoms with Crippen molar-refractivity contribution in [2.75, 3.05) is 19.6 Å². The molecule has 2 nitrogen and oxygen atoms in total.